The highest BCUT2D eigenvalue weighted by Gasteiger charge is 2.30. The number of hydrogen-bond acceptors (Lipinski definition) is 3. The summed E-state index contributed by atoms with van der Waals surface area (Å²) in [6, 6.07) is 3.64. The first-order chi connectivity index (χ1) is 9.09. The van der Waals surface area contributed by atoms with Gasteiger partial charge in [0.05, 0.1) is 0 Å². The van der Waals surface area contributed by atoms with Gasteiger partial charge in [0.15, 0.2) is 0 Å². The number of rotatable bonds is 4. The topological polar surface area (TPSA) is 55.1 Å². The van der Waals surface area contributed by atoms with E-state index < -0.39 is 6.04 Å². The van der Waals surface area contributed by atoms with Crippen LogP contribution >= 0.6 is 11.3 Å². The molecule has 0 aliphatic heterocycles. The number of carbonyl (C=O) groups is 1. The molecule has 1 aliphatic carbocycles. The number of amides is 1. The Kier molecular flexibility index (Phi) is 4.99. The lowest BCUT2D eigenvalue weighted by molar-refractivity contribution is -0.123. The van der Waals surface area contributed by atoms with Crippen molar-refractivity contribution in [3.05, 3.63) is 22.4 Å². The molecule has 106 valence electrons. The predicted octanol–water partition coefficient (Wildman–Crippen LogP) is 3.08. The predicted molar refractivity (Wildman–Crippen MR) is 80.0 cm³/mol. The Morgan fingerprint density at radius 3 is 2.79 bits per heavy atom. The summed E-state index contributed by atoms with van der Waals surface area (Å²) in [5.74, 6) is 1.18. The van der Waals surface area contributed by atoms with Gasteiger partial charge in [-0.15, -0.1) is 11.3 Å². The fourth-order valence-corrected chi connectivity index (χ4v) is 3.73. The molecular formula is C15H24N2OS. The summed E-state index contributed by atoms with van der Waals surface area (Å²) in [6.45, 7) is 4.49. The second kappa shape index (κ2) is 6.53. The third-order valence-electron chi connectivity index (χ3n) is 4.14. The quantitative estimate of drug-likeness (QED) is 0.890. The van der Waals surface area contributed by atoms with Crippen LogP contribution < -0.4 is 11.1 Å². The zero-order valence-corrected chi connectivity index (χ0v) is 12.6. The van der Waals surface area contributed by atoms with Crippen LogP contribution in [0.5, 0.6) is 0 Å². The molecule has 1 fully saturated rings. The van der Waals surface area contributed by atoms with Crippen molar-refractivity contribution < 1.29 is 4.79 Å². The molecule has 0 radical (unpaired) electrons. The first-order valence-corrected chi connectivity index (χ1v) is 8.07. The minimum absolute atomic E-state index is 0.0278. The van der Waals surface area contributed by atoms with Crippen LogP contribution in [-0.2, 0) is 4.79 Å². The van der Waals surface area contributed by atoms with Gasteiger partial charge in [0.2, 0.25) is 5.91 Å². The van der Waals surface area contributed by atoms with E-state index >= 15 is 0 Å². The van der Waals surface area contributed by atoms with Crippen molar-refractivity contribution in [1.82, 2.24) is 5.32 Å². The van der Waals surface area contributed by atoms with Crippen LogP contribution in [-0.4, -0.2) is 11.9 Å². The van der Waals surface area contributed by atoms with Crippen molar-refractivity contribution in [3.63, 3.8) is 0 Å². The van der Waals surface area contributed by atoms with E-state index in [9.17, 15) is 4.79 Å². The van der Waals surface area contributed by atoms with Crippen LogP contribution in [0.3, 0.4) is 0 Å². The van der Waals surface area contributed by atoms with Gasteiger partial charge in [-0.2, -0.15) is 0 Å². The maximum absolute atomic E-state index is 12.2. The molecular weight excluding hydrogens is 256 g/mol. The van der Waals surface area contributed by atoms with Crippen molar-refractivity contribution in [2.24, 2.45) is 17.6 Å². The molecule has 1 aliphatic rings. The number of hydrogen-bond donors (Lipinski definition) is 2. The smallest absolute Gasteiger partial charge is 0.242 e. The van der Waals surface area contributed by atoms with Gasteiger partial charge in [0, 0.05) is 10.9 Å². The highest BCUT2D eigenvalue weighted by Crippen LogP contribution is 2.30. The van der Waals surface area contributed by atoms with E-state index in [1.807, 2.05) is 17.5 Å². The van der Waals surface area contributed by atoms with Gasteiger partial charge in [0.1, 0.15) is 6.04 Å². The highest BCUT2D eigenvalue weighted by molar-refractivity contribution is 7.10. The molecule has 0 bridgehead atoms. The van der Waals surface area contributed by atoms with E-state index in [-0.39, 0.29) is 5.91 Å². The van der Waals surface area contributed by atoms with Gasteiger partial charge in [0.25, 0.3) is 0 Å². The summed E-state index contributed by atoms with van der Waals surface area (Å²) in [5.41, 5.74) is 6.02. The molecule has 0 spiro atoms. The normalized spacial score (nSPS) is 25.3. The standard InChI is InChI=1S/C15H24N2OS/c1-10(2)11-6-3-4-7-12(11)17-15(18)14(16)13-8-5-9-19-13/h5,8-12,14H,3-4,6-7,16H2,1-2H3,(H,17,18). The van der Waals surface area contributed by atoms with Crippen LogP contribution in [0.15, 0.2) is 17.5 Å². The van der Waals surface area contributed by atoms with E-state index in [1.165, 1.54) is 19.3 Å². The lowest BCUT2D eigenvalue weighted by atomic mass is 9.78. The first-order valence-electron chi connectivity index (χ1n) is 7.19. The molecule has 4 heteroatoms. The van der Waals surface area contributed by atoms with E-state index in [0.717, 1.165) is 11.3 Å². The summed E-state index contributed by atoms with van der Waals surface area (Å²) in [7, 11) is 0. The molecule has 1 aromatic heterocycles. The van der Waals surface area contributed by atoms with Gasteiger partial charge in [-0.1, -0.05) is 32.8 Å². The third kappa shape index (κ3) is 3.57. The SMILES string of the molecule is CC(C)C1CCCCC1NC(=O)C(N)c1cccs1. The van der Waals surface area contributed by atoms with E-state index in [0.29, 0.717) is 17.9 Å². The van der Waals surface area contributed by atoms with Crippen molar-refractivity contribution in [2.45, 2.75) is 51.6 Å². The summed E-state index contributed by atoms with van der Waals surface area (Å²) < 4.78 is 0. The lowest BCUT2D eigenvalue weighted by Gasteiger charge is -2.35. The molecule has 1 heterocycles. The Hall–Kier alpha value is -0.870. The molecule has 2 rings (SSSR count). The third-order valence-corrected chi connectivity index (χ3v) is 5.09. The monoisotopic (exact) mass is 280 g/mol. The number of nitrogens with two attached hydrogens (primary N) is 1. The minimum atomic E-state index is -0.519. The first kappa shape index (κ1) is 14.5. The van der Waals surface area contributed by atoms with Crippen LogP contribution in [0.4, 0.5) is 0 Å². The fourth-order valence-electron chi connectivity index (χ4n) is 3.01. The van der Waals surface area contributed by atoms with Crippen molar-refractivity contribution in [3.8, 4) is 0 Å². The molecule has 1 saturated carbocycles. The summed E-state index contributed by atoms with van der Waals surface area (Å²) in [5, 5.41) is 5.14. The molecule has 0 saturated heterocycles. The van der Waals surface area contributed by atoms with Crippen molar-refractivity contribution in [1.29, 1.82) is 0 Å². The van der Waals surface area contributed by atoms with Gasteiger partial charge in [-0.05, 0) is 36.1 Å². The van der Waals surface area contributed by atoms with E-state index in [2.05, 4.69) is 19.2 Å². The Labute approximate surface area is 119 Å². The highest BCUT2D eigenvalue weighted by atomic mass is 32.1. The van der Waals surface area contributed by atoms with Crippen LogP contribution in [0, 0.1) is 11.8 Å². The Balaban J connectivity index is 1.97. The summed E-state index contributed by atoms with van der Waals surface area (Å²) in [6.07, 6.45) is 4.80. The maximum Gasteiger partial charge on any atom is 0.242 e. The van der Waals surface area contributed by atoms with E-state index in [1.54, 1.807) is 11.3 Å². The Morgan fingerprint density at radius 1 is 1.42 bits per heavy atom. The van der Waals surface area contributed by atoms with Gasteiger partial charge < -0.3 is 11.1 Å². The Bertz CT molecular complexity index is 402. The van der Waals surface area contributed by atoms with Crippen LogP contribution in [0.1, 0.15) is 50.4 Å². The zero-order valence-electron chi connectivity index (χ0n) is 11.8. The number of carbonyl (C=O) groups excluding carboxylic acids is 1. The Morgan fingerprint density at radius 2 is 2.16 bits per heavy atom. The fraction of sp³-hybridized carbons (Fsp3) is 0.667. The molecule has 1 amide bonds. The van der Waals surface area contributed by atoms with Gasteiger partial charge in [-0.25, -0.2) is 0 Å². The second-order valence-corrected chi connectivity index (χ2v) is 6.78. The molecule has 19 heavy (non-hydrogen) atoms. The van der Waals surface area contributed by atoms with Crippen LogP contribution in [0.2, 0.25) is 0 Å². The molecule has 0 aromatic carbocycles. The molecule has 3 atom stereocenters. The average molecular weight is 280 g/mol. The van der Waals surface area contributed by atoms with E-state index in [4.69, 9.17) is 5.73 Å². The summed E-state index contributed by atoms with van der Waals surface area (Å²) in [4.78, 5) is 13.2. The van der Waals surface area contributed by atoms with Crippen molar-refractivity contribution >= 4 is 17.2 Å². The second-order valence-electron chi connectivity index (χ2n) is 5.80. The number of thiophene rings is 1. The zero-order chi connectivity index (χ0) is 13.8. The maximum atomic E-state index is 12.2. The largest absolute Gasteiger partial charge is 0.351 e. The molecule has 3 nitrogen and oxygen atoms in total. The lowest BCUT2D eigenvalue weighted by Crippen LogP contribution is -2.46. The molecule has 3 N–H and O–H groups in total. The van der Waals surface area contributed by atoms with Gasteiger partial charge in [-0.3, -0.25) is 4.79 Å². The van der Waals surface area contributed by atoms with Gasteiger partial charge >= 0.3 is 0 Å². The van der Waals surface area contributed by atoms with Crippen molar-refractivity contribution in [2.75, 3.05) is 0 Å². The number of nitrogens with one attached hydrogen (secondary N) is 1. The molecule has 1 aromatic rings. The summed E-state index contributed by atoms with van der Waals surface area (Å²) >= 11 is 1.54. The molecule has 3 unspecified atom stereocenters. The minimum Gasteiger partial charge on any atom is -0.351 e. The average Bonchev–Trinajstić information content (AvgIpc) is 2.92. The van der Waals surface area contributed by atoms with Crippen LogP contribution in [0.25, 0.3) is 0 Å².